The molecule has 0 radical (unpaired) electrons. The standard InChI is InChI=1S/C25H25ClN6O2/c1-3-20(33)31-7-8-32-15(12-31)6-9-34-24-22-19(27-13-28-25(22)32)10-16(23(24)26)21-14(2)4-5-18-17(21)11-29-30-18/h4-5,10-11,13,15H,3,6-9,12H2,1-2H3,(H,29,30)/t15-/m0/s1. The first-order chi connectivity index (χ1) is 16.6. The van der Waals surface area contributed by atoms with Crippen molar-refractivity contribution in [3.8, 4) is 16.9 Å². The number of carbonyl (C=O) groups excluding carboxylic acids is 1. The zero-order valence-electron chi connectivity index (χ0n) is 19.1. The van der Waals surface area contributed by atoms with Crippen molar-refractivity contribution in [3.05, 3.63) is 41.3 Å². The molecule has 6 rings (SSSR count). The minimum Gasteiger partial charge on any atom is -0.491 e. The number of halogens is 1. The van der Waals surface area contributed by atoms with Crippen molar-refractivity contribution in [1.29, 1.82) is 0 Å². The van der Waals surface area contributed by atoms with Crippen LogP contribution < -0.4 is 9.64 Å². The molecule has 2 aromatic carbocycles. The Morgan fingerprint density at radius 3 is 3.03 bits per heavy atom. The molecular formula is C25H25ClN6O2. The zero-order chi connectivity index (χ0) is 23.4. The highest BCUT2D eigenvalue weighted by Gasteiger charge is 2.34. The number of rotatable bonds is 2. The predicted octanol–water partition coefficient (Wildman–Crippen LogP) is 4.34. The number of fused-ring (bicyclic) bond motifs is 3. The first kappa shape index (κ1) is 21.2. The van der Waals surface area contributed by atoms with Gasteiger partial charge in [0.25, 0.3) is 0 Å². The van der Waals surface area contributed by atoms with Gasteiger partial charge in [0.1, 0.15) is 12.1 Å². The molecule has 0 bridgehead atoms. The number of hydrogen-bond donors (Lipinski definition) is 1. The molecule has 2 aromatic heterocycles. The number of carbonyl (C=O) groups is 1. The van der Waals surface area contributed by atoms with Crippen molar-refractivity contribution in [3.63, 3.8) is 0 Å². The van der Waals surface area contributed by atoms with E-state index in [-0.39, 0.29) is 11.9 Å². The van der Waals surface area contributed by atoms with Gasteiger partial charge >= 0.3 is 0 Å². The Hall–Kier alpha value is -3.39. The average molecular weight is 477 g/mol. The average Bonchev–Trinajstić information content (AvgIpc) is 3.32. The number of aromatic amines is 1. The minimum atomic E-state index is 0.135. The molecule has 2 aliphatic heterocycles. The number of nitrogens with one attached hydrogen (secondary N) is 1. The van der Waals surface area contributed by atoms with Gasteiger partial charge in [0, 0.05) is 43.4 Å². The summed E-state index contributed by atoms with van der Waals surface area (Å²) < 4.78 is 6.33. The summed E-state index contributed by atoms with van der Waals surface area (Å²) in [5.74, 6) is 1.63. The van der Waals surface area contributed by atoms with Crippen molar-refractivity contribution in [2.75, 3.05) is 31.1 Å². The summed E-state index contributed by atoms with van der Waals surface area (Å²) in [6.45, 7) is 6.54. The van der Waals surface area contributed by atoms with Crippen LogP contribution in [-0.2, 0) is 4.79 Å². The maximum absolute atomic E-state index is 12.3. The number of nitrogens with zero attached hydrogens (tertiary/aromatic N) is 5. The second-order valence-electron chi connectivity index (χ2n) is 8.92. The van der Waals surface area contributed by atoms with Gasteiger partial charge in [0.15, 0.2) is 5.75 Å². The van der Waals surface area contributed by atoms with Gasteiger partial charge in [-0.15, -0.1) is 0 Å². The number of H-pyrrole nitrogens is 1. The van der Waals surface area contributed by atoms with Crippen LogP contribution in [0.25, 0.3) is 32.9 Å². The van der Waals surface area contributed by atoms with Crippen LogP contribution in [0, 0.1) is 6.92 Å². The number of piperazine rings is 1. The van der Waals surface area contributed by atoms with Crippen LogP contribution in [0.15, 0.2) is 30.7 Å². The van der Waals surface area contributed by atoms with Crippen LogP contribution in [0.4, 0.5) is 5.82 Å². The zero-order valence-corrected chi connectivity index (χ0v) is 19.9. The molecule has 4 aromatic rings. The monoisotopic (exact) mass is 476 g/mol. The van der Waals surface area contributed by atoms with Gasteiger partial charge < -0.3 is 14.5 Å². The van der Waals surface area contributed by atoms with Crippen LogP contribution in [0.5, 0.6) is 5.75 Å². The van der Waals surface area contributed by atoms with Gasteiger partial charge in [-0.3, -0.25) is 9.89 Å². The lowest BCUT2D eigenvalue weighted by atomic mass is 9.95. The largest absolute Gasteiger partial charge is 0.491 e. The summed E-state index contributed by atoms with van der Waals surface area (Å²) in [6.07, 6.45) is 4.72. The molecular weight excluding hydrogens is 452 g/mol. The number of hydrogen-bond acceptors (Lipinski definition) is 6. The first-order valence-electron chi connectivity index (χ1n) is 11.6. The summed E-state index contributed by atoms with van der Waals surface area (Å²) in [7, 11) is 0. The van der Waals surface area contributed by atoms with E-state index in [0.717, 1.165) is 57.3 Å². The highest BCUT2D eigenvalue weighted by Crippen LogP contribution is 2.47. The first-order valence-corrected chi connectivity index (χ1v) is 12.0. The number of aromatic nitrogens is 4. The Morgan fingerprint density at radius 1 is 1.29 bits per heavy atom. The summed E-state index contributed by atoms with van der Waals surface area (Å²) in [5.41, 5.74) is 4.72. The second-order valence-corrected chi connectivity index (χ2v) is 9.30. The highest BCUT2D eigenvalue weighted by molar-refractivity contribution is 6.37. The second kappa shape index (κ2) is 8.13. The molecule has 1 amide bonds. The van der Waals surface area contributed by atoms with Crippen LogP contribution in [0.3, 0.4) is 0 Å². The fourth-order valence-corrected chi connectivity index (χ4v) is 5.59. The van der Waals surface area contributed by atoms with E-state index in [9.17, 15) is 4.79 Å². The smallest absolute Gasteiger partial charge is 0.222 e. The van der Waals surface area contributed by atoms with Crippen LogP contribution in [0.1, 0.15) is 25.3 Å². The number of anilines is 1. The Kier molecular flexibility index (Phi) is 5.06. The van der Waals surface area contributed by atoms with E-state index < -0.39 is 0 Å². The lowest BCUT2D eigenvalue weighted by Gasteiger charge is -2.43. The van der Waals surface area contributed by atoms with E-state index in [0.29, 0.717) is 36.9 Å². The molecule has 1 fully saturated rings. The topological polar surface area (TPSA) is 87.2 Å². The number of benzene rings is 2. The maximum Gasteiger partial charge on any atom is 0.222 e. The highest BCUT2D eigenvalue weighted by atomic mass is 35.5. The van der Waals surface area contributed by atoms with E-state index in [2.05, 4.69) is 38.1 Å². The molecule has 0 spiro atoms. The summed E-state index contributed by atoms with van der Waals surface area (Å²) >= 11 is 7.07. The van der Waals surface area contributed by atoms with Crippen molar-refractivity contribution in [1.82, 2.24) is 25.1 Å². The molecule has 1 atom stereocenters. The Morgan fingerprint density at radius 2 is 2.18 bits per heavy atom. The fraction of sp³-hybridized carbons (Fsp3) is 0.360. The van der Waals surface area contributed by atoms with Gasteiger partial charge in [-0.1, -0.05) is 24.6 Å². The van der Waals surface area contributed by atoms with Crippen molar-refractivity contribution in [2.24, 2.45) is 0 Å². The molecule has 0 aliphatic carbocycles. The molecule has 9 heteroatoms. The SMILES string of the molecule is CCC(=O)N1CCN2c3ncnc4cc(-c5c(C)ccc6[nH]ncc56)c(Cl)c(c34)OCC[C@H]2C1. The Bertz CT molecular complexity index is 1430. The Labute approximate surface area is 201 Å². The third-order valence-electron chi connectivity index (χ3n) is 7.01. The quantitative estimate of drug-likeness (QED) is 0.463. The molecule has 4 heterocycles. The van der Waals surface area contributed by atoms with Crippen molar-refractivity contribution >= 4 is 45.1 Å². The van der Waals surface area contributed by atoms with Gasteiger partial charge in [-0.25, -0.2) is 9.97 Å². The normalized spacial score (nSPS) is 17.9. The molecule has 8 nitrogen and oxygen atoms in total. The van der Waals surface area contributed by atoms with E-state index in [4.69, 9.17) is 16.3 Å². The molecule has 174 valence electrons. The summed E-state index contributed by atoms with van der Waals surface area (Å²) in [6, 6.07) is 6.25. The lowest BCUT2D eigenvalue weighted by Crippen LogP contribution is -2.55. The maximum atomic E-state index is 12.3. The van der Waals surface area contributed by atoms with Crippen LogP contribution in [0.2, 0.25) is 5.02 Å². The third-order valence-corrected chi connectivity index (χ3v) is 7.39. The number of aryl methyl sites for hydroxylation is 1. The lowest BCUT2D eigenvalue weighted by molar-refractivity contribution is -0.131. The Balaban J connectivity index is 1.53. The van der Waals surface area contributed by atoms with Gasteiger partial charge in [0.05, 0.1) is 40.3 Å². The van der Waals surface area contributed by atoms with E-state index in [1.807, 2.05) is 30.2 Å². The molecule has 0 unspecified atom stereocenters. The summed E-state index contributed by atoms with van der Waals surface area (Å²) in [4.78, 5) is 25.9. The van der Waals surface area contributed by atoms with Crippen molar-refractivity contribution in [2.45, 2.75) is 32.7 Å². The van der Waals surface area contributed by atoms with Crippen LogP contribution in [-0.4, -0.2) is 63.3 Å². The van der Waals surface area contributed by atoms with Gasteiger partial charge in [-0.05, 0) is 30.2 Å². The van der Waals surface area contributed by atoms with Gasteiger partial charge in [-0.2, -0.15) is 5.10 Å². The fourth-order valence-electron chi connectivity index (χ4n) is 5.30. The third kappa shape index (κ3) is 3.20. The molecule has 1 N–H and O–H groups in total. The molecule has 1 saturated heterocycles. The molecule has 2 aliphatic rings. The van der Waals surface area contributed by atoms with Gasteiger partial charge in [0.2, 0.25) is 5.91 Å². The minimum absolute atomic E-state index is 0.135. The number of ether oxygens (including phenoxy) is 1. The van der Waals surface area contributed by atoms with Crippen molar-refractivity contribution < 1.29 is 9.53 Å². The van der Waals surface area contributed by atoms with E-state index in [1.54, 1.807) is 6.33 Å². The number of amides is 1. The molecule has 0 saturated carbocycles. The van der Waals surface area contributed by atoms with E-state index in [1.165, 1.54) is 0 Å². The molecule has 34 heavy (non-hydrogen) atoms. The summed E-state index contributed by atoms with van der Waals surface area (Å²) in [5, 5.41) is 9.66. The predicted molar refractivity (Wildman–Crippen MR) is 132 cm³/mol. The van der Waals surface area contributed by atoms with E-state index >= 15 is 0 Å². The van der Waals surface area contributed by atoms with Crippen LogP contribution >= 0.6 is 11.6 Å².